The molecule has 0 heterocycles. The summed E-state index contributed by atoms with van der Waals surface area (Å²) in [4.78, 5) is 15.8. The van der Waals surface area contributed by atoms with Gasteiger partial charge in [0.05, 0.1) is 6.04 Å². The van der Waals surface area contributed by atoms with Crippen molar-refractivity contribution in [2.75, 3.05) is 20.2 Å². The Labute approximate surface area is 190 Å². The van der Waals surface area contributed by atoms with Crippen molar-refractivity contribution in [1.29, 1.82) is 0 Å². The average molecular weight is 510 g/mol. The van der Waals surface area contributed by atoms with E-state index in [0.29, 0.717) is 18.8 Å². The van der Waals surface area contributed by atoms with Gasteiger partial charge in [-0.2, -0.15) is 0 Å². The fourth-order valence-electron chi connectivity index (χ4n) is 2.88. The summed E-state index contributed by atoms with van der Waals surface area (Å²) in [5.41, 5.74) is 3.53. The summed E-state index contributed by atoms with van der Waals surface area (Å²) in [6, 6.07) is 16.1. The van der Waals surface area contributed by atoms with Crippen LogP contribution in [-0.4, -0.2) is 32.1 Å². The van der Waals surface area contributed by atoms with Crippen molar-refractivity contribution in [2.24, 2.45) is 4.99 Å². The number of rotatable bonds is 8. The Bertz CT molecular complexity index is 811. The number of aryl methyl sites for hydroxylation is 1. The number of amides is 1. The maximum atomic E-state index is 11.5. The van der Waals surface area contributed by atoms with Gasteiger partial charge in [0.25, 0.3) is 5.91 Å². The Balaban J connectivity index is 0.00000420. The number of hydrogen-bond donors (Lipinski definition) is 3. The zero-order chi connectivity index (χ0) is 20.4. The molecular weight excluding hydrogens is 479 g/mol. The summed E-state index contributed by atoms with van der Waals surface area (Å²) in [6.45, 7) is 7.31. The standard InChI is InChI=1S/C22H30N4O2.HI/c1-5-24-21(27)15-28-19-11-8-10-18(13-19)14-25-22(23-4)26-17(3)20-12-7-6-9-16(20)2;/h6-13,17H,5,14-15H2,1-4H3,(H,24,27)(H2,23,25,26);1H. The molecule has 0 aromatic heterocycles. The van der Waals surface area contributed by atoms with Crippen LogP contribution >= 0.6 is 24.0 Å². The Kier molecular flexibility index (Phi) is 11.1. The first kappa shape index (κ1) is 24.7. The SMILES string of the molecule is CCNC(=O)COc1cccc(CNC(=NC)NC(C)c2ccccc2C)c1.I. The summed E-state index contributed by atoms with van der Waals surface area (Å²) < 4.78 is 5.54. The van der Waals surface area contributed by atoms with Gasteiger partial charge in [-0.15, -0.1) is 24.0 Å². The molecule has 0 aliphatic rings. The summed E-state index contributed by atoms with van der Waals surface area (Å²) in [7, 11) is 1.76. The minimum absolute atomic E-state index is 0. The Morgan fingerprint density at radius 3 is 2.59 bits per heavy atom. The average Bonchev–Trinajstić information content (AvgIpc) is 2.70. The van der Waals surface area contributed by atoms with Crippen LogP contribution in [0.15, 0.2) is 53.5 Å². The second-order valence-corrected chi connectivity index (χ2v) is 6.54. The van der Waals surface area contributed by atoms with E-state index >= 15 is 0 Å². The molecule has 0 aliphatic heterocycles. The van der Waals surface area contributed by atoms with Crippen LogP contribution in [-0.2, 0) is 11.3 Å². The van der Waals surface area contributed by atoms with Gasteiger partial charge < -0.3 is 20.7 Å². The molecule has 29 heavy (non-hydrogen) atoms. The van der Waals surface area contributed by atoms with Gasteiger partial charge in [0.15, 0.2) is 12.6 Å². The van der Waals surface area contributed by atoms with Crippen LogP contribution in [0, 0.1) is 6.92 Å². The van der Waals surface area contributed by atoms with E-state index in [4.69, 9.17) is 4.74 Å². The monoisotopic (exact) mass is 510 g/mol. The van der Waals surface area contributed by atoms with Gasteiger partial charge in [0, 0.05) is 20.1 Å². The van der Waals surface area contributed by atoms with Crippen LogP contribution in [0.4, 0.5) is 0 Å². The van der Waals surface area contributed by atoms with Gasteiger partial charge in [-0.25, -0.2) is 0 Å². The summed E-state index contributed by atoms with van der Waals surface area (Å²) >= 11 is 0. The van der Waals surface area contributed by atoms with Crippen molar-refractivity contribution >= 4 is 35.8 Å². The molecule has 1 unspecified atom stereocenters. The van der Waals surface area contributed by atoms with E-state index in [-0.39, 0.29) is 42.5 Å². The van der Waals surface area contributed by atoms with Crippen LogP contribution < -0.4 is 20.7 Å². The largest absolute Gasteiger partial charge is 0.484 e. The molecule has 0 saturated carbocycles. The van der Waals surface area contributed by atoms with Crippen LogP contribution in [0.5, 0.6) is 5.75 Å². The predicted molar refractivity (Wildman–Crippen MR) is 129 cm³/mol. The highest BCUT2D eigenvalue weighted by Gasteiger charge is 2.10. The van der Waals surface area contributed by atoms with Crippen molar-refractivity contribution in [2.45, 2.75) is 33.4 Å². The van der Waals surface area contributed by atoms with E-state index in [2.05, 4.69) is 46.9 Å². The number of nitrogens with zero attached hydrogens (tertiary/aromatic N) is 1. The Morgan fingerprint density at radius 2 is 1.90 bits per heavy atom. The number of halogens is 1. The third kappa shape index (κ3) is 8.31. The minimum atomic E-state index is -0.124. The first-order valence-electron chi connectivity index (χ1n) is 9.54. The predicted octanol–water partition coefficient (Wildman–Crippen LogP) is 3.55. The molecule has 0 saturated heterocycles. The Morgan fingerprint density at radius 1 is 1.14 bits per heavy atom. The molecule has 0 spiro atoms. The van der Waals surface area contributed by atoms with Crippen molar-refractivity contribution in [3.63, 3.8) is 0 Å². The van der Waals surface area contributed by atoms with Crippen LogP contribution in [0.1, 0.15) is 36.6 Å². The normalized spacial score (nSPS) is 11.8. The highest BCUT2D eigenvalue weighted by Crippen LogP contribution is 2.16. The molecule has 2 aromatic carbocycles. The molecule has 1 atom stereocenters. The third-order valence-corrected chi connectivity index (χ3v) is 4.33. The lowest BCUT2D eigenvalue weighted by Crippen LogP contribution is -2.38. The highest BCUT2D eigenvalue weighted by molar-refractivity contribution is 14.0. The van der Waals surface area contributed by atoms with E-state index in [1.165, 1.54) is 11.1 Å². The fourth-order valence-corrected chi connectivity index (χ4v) is 2.88. The van der Waals surface area contributed by atoms with E-state index in [9.17, 15) is 4.79 Å². The number of ether oxygens (including phenoxy) is 1. The zero-order valence-electron chi connectivity index (χ0n) is 17.5. The fraction of sp³-hybridized carbons (Fsp3) is 0.364. The lowest BCUT2D eigenvalue weighted by molar-refractivity contribution is -0.122. The highest BCUT2D eigenvalue weighted by atomic mass is 127. The number of nitrogens with one attached hydrogen (secondary N) is 3. The number of carbonyl (C=O) groups excluding carboxylic acids is 1. The molecule has 0 radical (unpaired) electrons. The maximum Gasteiger partial charge on any atom is 0.257 e. The van der Waals surface area contributed by atoms with Crippen LogP contribution in [0.3, 0.4) is 0 Å². The molecule has 158 valence electrons. The van der Waals surface area contributed by atoms with Crippen molar-refractivity contribution in [1.82, 2.24) is 16.0 Å². The summed E-state index contributed by atoms with van der Waals surface area (Å²) in [6.07, 6.45) is 0. The number of benzene rings is 2. The number of carbonyl (C=O) groups is 1. The minimum Gasteiger partial charge on any atom is -0.484 e. The number of likely N-dealkylation sites (N-methyl/N-ethyl adjacent to an activating group) is 1. The molecule has 2 rings (SSSR count). The van der Waals surface area contributed by atoms with Crippen molar-refractivity contribution in [3.05, 3.63) is 65.2 Å². The van der Waals surface area contributed by atoms with Gasteiger partial charge in [-0.3, -0.25) is 9.79 Å². The Hall–Kier alpha value is -2.29. The topological polar surface area (TPSA) is 74.8 Å². The van der Waals surface area contributed by atoms with Crippen LogP contribution in [0.25, 0.3) is 0 Å². The first-order chi connectivity index (χ1) is 13.5. The smallest absolute Gasteiger partial charge is 0.257 e. The maximum absolute atomic E-state index is 11.5. The molecule has 6 nitrogen and oxygen atoms in total. The summed E-state index contributed by atoms with van der Waals surface area (Å²) in [5.74, 6) is 1.27. The van der Waals surface area contributed by atoms with Gasteiger partial charge >= 0.3 is 0 Å². The quantitative estimate of drug-likeness (QED) is 0.289. The van der Waals surface area contributed by atoms with Crippen LogP contribution in [0.2, 0.25) is 0 Å². The summed E-state index contributed by atoms with van der Waals surface area (Å²) in [5, 5.41) is 9.45. The third-order valence-electron chi connectivity index (χ3n) is 4.33. The second-order valence-electron chi connectivity index (χ2n) is 6.54. The zero-order valence-corrected chi connectivity index (χ0v) is 19.8. The molecular formula is C22H31IN4O2. The molecule has 0 fully saturated rings. The van der Waals surface area contributed by atoms with E-state index in [0.717, 1.165) is 11.5 Å². The van der Waals surface area contributed by atoms with Gasteiger partial charge in [0.2, 0.25) is 0 Å². The molecule has 1 amide bonds. The van der Waals surface area contributed by atoms with Gasteiger partial charge in [-0.05, 0) is 49.6 Å². The number of guanidine groups is 1. The second kappa shape index (κ2) is 13.0. The van der Waals surface area contributed by atoms with Crippen molar-refractivity contribution in [3.8, 4) is 5.75 Å². The van der Waals surface area contributed by atoms with E-state index < -0.39 is 0 Å². The molecule has 3 N–H and O–H groups in total. The molecule has 0 aliphatic carbocycles. The number of hydrogen-bond acceptors (Lipinski definition) is 3. The molecule has 2 aromatic rings. The van der Waals surface area contributed by atoms with Crippen molar-refractivity contribution < 1.29 is 9.53 Å². The lowest BCUT2D eigenvalue weighted by Gasteiger charge is -2.20. The lowest BCUT2D eigenvalue weighted by atomic mass is 10.0. The van der Waals surface area contributed by atoms with E-state index in [1.807, 2.05) is 43.3 Å². The molecule has 7 heteroatoms. The van der Waals surface area contributed by atoms with Gasteiger partial charge in [-0.1, -0.05) is 36.4 Å². The van der Waals surface area contributed by atoms with E-state index in [1.54, 1.807) is 7.05 Å². The molecule has 0 bridgehead atoms. The first-order valence-corrected chi connectivity index (χ1v) is 9.54. The van der Waals surface area contributed by atoms with Gasteiger partial charge in [0.1, 0.15) is 5.75 Å². The number of aliphatic imine (C=N–C) groups is 1.